The van der Waals surface area contributed by atoms with Crippen molar-refractivity contribution in [1.82, 2.24) is 20.4 Å². The zero-order valence-corrected chi connectivity index (χ0v) is 22.4. The van der Waals surface area contributed by atoms with Crippen LogP contribution in [0.1, 0.15) is 42.3 Å². The summed E-state index contributed by atoms with van der Waals surface area (Å²) in [6.07, 6.45) is 1.58. The van der Waals surface area contributed by atoms with Crippen molar-refractivity contribution in [3.63, 3.8) is 0 Å². The molecular formula is C26H33IN6O. The number of aryl methyl sites for hydroxylation is 2. The van der Waals surface area contributed by atoms with Crippen LogP contribution in [0.25, 0.3) is 5.69 Å². The van der Waals surface area contributed by atoms with E-state index in [4.69, 9.17) is 4.99 Å². The molecule has 0 bridgehead atoms. The Kier molecular flexibility index (Phi) is 9.09. The summed E-state index contributed by atoms with van der Waals surface area (Å²) in [5.74, 6) is 0.972. The highest BCUT2D eigenvalue weighted by atomic mass is 127. The van der Waals surface area contributed by atoms with Crippen LogP contribution in [0.3, 0.4) is 0 Å². The number of anilines is 1. The SMILES string of the molecule is CCNC(=NCc1ccc(N2CCCC2=O)cc1)NCc1ccccc1-n1nc(C)cc1C.I. The molecule has 7 nitrogen and oxygen atoms in total. The smallest absolute Gasteiger partial charge is 0.227 e. The van der Waals surface area contributed by atoms with E-state index in [1.165, 1.54) is 0 Å². The minimum Gasteiger partial charge on any atom is -0.357 e. The fraction of sp³-hybridized carbons (Fsp3) is 0.346. The van der Waals surface area contributed by atoms with Gasteiger partial charge < -0.3 is 15.5 Å². The Morgan fingerprint density at radius 3 is 2.50 bits per heavy atom. The number of rotatable bonds is 7. The van der Waals surface area contributed by atoms with Gasteiger partial charge in [-0.25, -0.2) is 9.67 Å². The molecule has 0 atom stereocenters. The average molecular weight is 572 g/mol. The molecule has 0 radical (unpaired) electrons. The summed E-state index contributed by atoms with van der Waals surface area (Å²) in [4.78, 5) is 18.6. The molecule has 0 aliphatic carbocycles. The van der Waals surface area contributed by atoms with Crippen molar-refractivity contribution in [2.45, 2.75) is 46.7 Å². The second-order valence-corrected chi connectivity index (χ2v) is 8.33. The fourth-order valence-corrected chi connectivity index (χ4v) is 4.13. The summed E-state index contributed by atoms with van der Waals surface area (Å²) in [6.45, 7) is 8.92. The van der Waals surface area contributed by atoms with Gasteiger partial charge in [-0.05, 0) is 62.6 Å². The number of nitrogens with one attached hydrogen (secondary N) is 2. The molecule has 2 aromatic carbocycles. The summed E-state index contributed by atoms with van der Waals surface area (Å²) in [6, 6.07) is 18.5. The molecule has 180 valence electrons. The highest BCUT2D eigenvalue weighted by Gasteiger charge is 2.21. The van der Waals surface area contributed by atoms with Gasteiger partial charge in [0.15, 0.2) is 5.96 Å². The van der Waals surface area contributed by atoms with Crippen LogP contribution >= 0.6 is 24.0 Å². The van der Waals surface area contributed by atoms with Crippen molar-refractivity contribution in [1.29, 1.82) is 0 Å². The third-order valence-electron chi connectivity index (χ3n) is 5.76. The number of guanidine groups is 1. The van der Waals surface area contributed by atoms with Crippen LogP contribution < -0.4 is 15.5 Å². The molecule has 1 aliphatic heterocycles. The minimum absolute atomic E-state index is 0. The third kappa shape index (κ3) is 6.16. The van der Waals surface area contributed by atoms with E-state index < -0.39 is 0 Å². The van der Waals surface area contributed by atoms with E-state index in [1.807, 2.05) is 52.9 Å². The fourth-order valence-electron chi connectivity index (χ4n) is 4.13. The van der Waals surface area contributed by atoms with E-state index >= 15 is 0 Å². The number of carbonyl (C=O) groups is 1. The third-order valence-corrected chi connectivity index (χ3v) is 5.76. The Labute approximate surface area is 218 Å². The molecule has 34 heavy (non-hydrogen) atoms. The Morgan fingerprint density at radius 1 is 1.09 bits per heavy atom. The van der Waals surface area contributed by atoms with Crippen molar-refractivity contribution in [2.75, 3.05) is 18.0 Å². The van der Waals surface area contributed by atoms with E-state index in [9.17, 15) is 4.79 Å². The predicted octanol–water partition coefficient (Wildman–Crippen LogP) is 4.49. The standard InChI is InChI=1S/C26H32N6O.HI/c1-4-27-26(28-17-21-11-13-23(14-12-21)31-15-7-10-25(31)33)29-18-22-8-5-6-9-24(22)32-20(3)16-19(2)30-32;/h5-6,8-9,11-14,16H,4,7,10,15,17-18H2,1-3H3,(H2,27,28,29);1H. The van der Waals surface area contributed by atoms with Crippen LogP contribution in [-0.2, 0) is 17.9 Å². The van der Waals surface area contributed by atoms with Crippen molar-refractivity contribution in [3.05, 3.63) is 77.1 Å². The molecule has 1 saturated heterocycles. The first-order valence-electron chi connectivity index (χ1n) is 11.6. The molecule has 1 amide bonds. The van der Waals surface area contributed by atoms with Gasteiger partial charge in [0, 0.05) is 37.4 Å². The number of benzene rings is 2. The molecule has 1 aliphatic rings. The van der Waals surface area contributed by atoms with E-state index in [0.29, 0.717) is 19.5 Å². The van der Waals surface area contributed by atoms with Gasteiger partial charge in [-0.3, -0.25) is 4.79 Å². The maximum Gasteiger partial charge on any atom is 0.227 e. The zero-order chi connectivity index (χ0) is 23.2. The van der Waals surface area contributed by atoms with Crippen LogP contribution in [0.4, 0.5) is 5.69 Å². The molecule has 1 aromatic heterocycles. The van der Waals surface area contributed by atoms with Gasteiger partial charge in [0.2, 0.25) is 5.91 Å². The number of aromatic nitrogens is 2. The monoisotopic (exact) mass is 572 g/mol. The summed E-state index contributed by atoms with van der Waals surface area (Å²) in [5, 5.41) is 11.4. The average Bonchev–Trinajstić information content (AvgIpc) is 3.40. The van der Waals surface area contributed by atoms with Crippen LogP contribution in [0.15, 0.2) is 59.6 Å². The van der Waals surface area contributed by atoms with Crippen molar-refractivity contribution < 1.29 is 4.79 Å². The van der Waals surface area contributed by atoms with E-state index in [1.54, 1.807) is 0 Å². The van der Waals surface area contributed by atoms with Crippen molar-refractivity contribution in [3.8, 4) is 5.69 Å². The molecule has 2 N–H and O–H groups in total. The van der Waals surface area contributed by atoms with Crippen LogP contribution in [-0.4, -0.2) is 34.7 Å². The highest BCUT2D eigenvalue weighted by molar-refractivity contribution is 14.0. The van der Waals surface area contributed by atoms with Gasteiger partial charge in [-0.1, -0.05) is 30.3 Å². The van der Waals surface area contributed by atoms with Crippen molar-refractivity contribution in [2.24, 2.45) is 4.99 Å². The molecule has 0 saturated carbocycles. The number of nitrogens with zero attached hydrogens (tertiary/aromatic N) is 4. The normalized spacial score (nSPS) is 13.7. The van der Waals surface area contributed by atoms with Gasteiger partial charge in [-0.15, -0.1) is 24.0 Å². The van der Waals surface area contributed by atoms with E-state index in [2.05, 4.69) is 47.8 Å². The number of aliphatic imine (C=N–C) groups is 1. The van der Waals surface area contributed by atoms with Crippen LogP contribution in [0, 0.1) is 13.8 Å². The lowest BCUT2D eigenvalue weighted by atomic mass is 10.1. The Morgan fingerprint density at radius 2 is 1.85 bits per heavy atom. The minimum atomic E-state index is 0. The molecule has 0 spiro atoms. The molecule has 8 heteroatoms. The Balaban J connectivity index is 0.00000324. The highest BCUT2D eigenvalue weighted by Crippen LogP contribution is 2.22. The van der Waals surface area contributed by atoms with Crippen LogP contribution in [0.5, 0.6) is 0 Å². The number of hydrogen-bond donors (Lipinski definition) is 2. The first kappa shape index (κ1) is 25.7. The van der Waals surface area contributed by atoms with Gasteiger partial charge in [0.05, 0.1) is 17.9 Å². The lowest BCUT2D eigenvalue weighted by Crippen LogP contribution is -2.37. The number of amides is 1. The lowest BCUT2D eigenvalue weighted by Gasteiger charge is -2.16. The first-order valence-corrected chi connectivity index (χ1v) is 11.6. The predicted molar refractivity (Wildman–Crippen MR) is 148 cm³/mol. The summed E-state index contributed by atoms with van der Waals surface area (Å²) in [7, 11) is 0. The summed E-state index contributed by atoms with van der Waals surface area (Å²) in [5.41, 5.74) is 6.40. The van der Waals surface area contributed by atoms with E-state index in [0.717, 1.165) is 59.4 Å². The number of para-hydroxylation sites is 1. The molecule has 0 unspecified atom stereocenters. The molecule has 1 fully saturated rings. The second kappa shape index (κ2) is 12.0. The molecular weight excluding hydrogens is 539 g/mol. The van der Waals surface area contributed by atoms with Gasteiger partial charge in [-0.2, -0.15) is 5.10 Å². The maximum absolute atomic E-state index is 12.0. The lowest BCUT2D eigenvalue weighted by molar-refractivity contribution is -0.117. The molecule has 4 rings (SSSR count). The molecule has 2 heterocycles. The Bertz CT molecular complexity index is 1140. The number of hydrogen-bond acceptors (Lipinski definition) is 3. The number of halogens is 1. The largest absolute Gasteiger partial charge is 0.357 e. The van der Waals surface area contributed by atoms with Crippen molar-refractivity contribution >= 4 is 41.5 Å². The topological polar surface area (TPSA) is 74.6 Å². The van der Waals surface area contributed by atoms with Crippen LogP contribution in [0.2, 0.25) is 0 Å². The van der Waals surface area contributed by atoms with E-state index in [-0.39, 0.29) is 29.9 Å². The first-order chi connectivity index (χ1) is 16.0. The molecule has 3 aromatic rings. The van der Waals surface area contributed by atoms with Gasteiger partial charge >= 0.3 is 0 Å². The summed E-state index contributed by atoms with van der Waals surface area (Å²) < 4.78 is 1.99. The zero-order valence-electron chi connectivity index (χ0n) is 20.0. The van der Waals surface area contributed by atoms with Gasteiger partial charge in [0.25, 0.3) is 0 Å². The number of carbonyl (C=O) groups excluding carboxylic acids is 1. The second-order valence-electron chi connectivity index (χ2n) is 8.33. The van der Waals surface area contributed by atoms with Gasteiger partial charge in [0.1, 0.15) is 0 Å². The summed E-state index contributed by atoms with van der Waals surface area (Å²) >= 11 is 0. The Hall–Kier alpha value is -2.88. The quantitative estimate of drug-likeness (QED) is 0.249. The maximum atomic E-state index is 12.0.